The standard InChI is InChI=1S/C17H23NO2/c1-6-19-14-7-11-8-16(2,3)18-10-13(11)12-9-17(4,5)20-15(12)14/h7,10H,6,8-9H2,1-5H3. The first-order valence-electron chi connectivity index (χ1n) is 7.37. The molecule has 0 aliphatic carbocycles. The average molecular weight is 273 g/mol. The summed E-state index contributed by atoms with van der Waals surface area (Å²) in [6.45, 7) is 11.3. The first kappa shape index (κ1) is 13.5. The molecule has 0 atom stereocenters. The molecule has 2 aliphatic heterocycles. The Hall–Kier alpha value is -1.51. The van der Waals surface area contributed by atoms with E-state index in [1.165, 1.54) is 16.7 Å². The highest BCUT2D eigenvalue weighted by Gasteiger charge is 2.37. The van der Waals surface area contributed by atoms with Crippen LogP contribution < -0.4 is 9.47 Å². The van der Waals surface area contributed by atoms with Crippen molar-refractivity contribution >= 4 is 6.21 Å². The van der Waals surface area contributed by atoms with Crippen molar-refractivity contribution in [2.24, 2.45) is 4.99 Å². The number of fused-ring (bicyclic) bond motifs is 3. The van der Waals surface area contributed by atoms with Crippen molar-refractivity contribution in [3.8, 4) is 11.5 Å². The van der Waals surface area contributed by atoms with Gasteiger partial charge in [0.2, 0.25) is 0 Å². The van der Waals surface area contributed by atoms with E-state index in [0.717, 1.165) is 24.3 Å². The van der Waals surface area contributed by atoms with Crippen molar-refractivity contribution in [2.75, 3.05) is 6.61 Å². The number of nitrogens with zero attached hydrogens (tertiary/aromatic N) is 1. The number of rotatable bonds is 2. The summed E-state index contributed by atoms with van der Waals surface area (Å²) in [5.41, 5.74) is 3.64. The maximum atomic E-state index is 6.11. The normalized spacial score (nSPS) is 21.1. The maximum absolute atomic E-state index is 6.11. The molecule has 1 aromatic rings. The Morgan fingerprint density at radius 3 is 2.70 bits per heavy atom. The monoisotopic (exact) mass is 273 g/mol. The molecule has 1 aromatic carbocycles. The Morgan fingerprint density at radius 2 is 2.00 bits per heavy atom. The lowest BCUT2D eigenvalue weighted by Gasteiger charge is -2.27. The summed E-state index contributed by atoms with van der Waals surface area (Å²) in [5, 5.41) is 0. The van der Waals surface area contributed by atoms with E-state index in [1.54, 1.807) is 0 Å². The number of hydrogen-bond acceptors (Lipinski definition) is 3. The topological polar surface area (TPSA) is 30.8 Å². The molecule has 0 aromatic heterocycles. The van der Waals surface area contributed by atoms with Crippen LogP contribution >= 0.6 is 0 Å². The van der Waals surface area contributed by atoms with Crippen molar-refractivity contribution < 1.29 is 9.47 Å². The molecule has 3 heteroatoms. The lowest BCUT2D eigenvalue weighted by molar-refractivity contribution is 0.132. The van der Waals surface area contributed by atoms with E-state index in [9.17, 15) is 0 Å². The molecular formula is C17H23NO2. The predicted octanol–water partition coefficient (Wildman–Crippen LogP) is 3.55. The third kappa shape index (κ3) is 2.19. The van der Waals surface area contributed by atoms with Crippen LogP contribution in [0.1, 0.15) is 51.3 Å². The fraction of sp³-hybridized carbons (Fsp3) is 0.588. The molecule has 3 rings (SSSR count). The van der Waals surface area contributed by atoms with Gasteiger partial charge in [-0.2, -0.15) is 0 Å². The van der Waals surface area contributed by atoms with Gasteiger partial charge >= 0.3 is 0 Å². The Bertz CT molecular complexity index is 585. The van der Waals surface area contributed by atoms with Gasteiger partial charge in [0.15, 0.2) is 11.5 Å². The van der Waals surface area contributed by atoms with Gasteiger partial charge < -0.3 is 9.47 Å². The van der Waals surface area contributed by atoms with E-state index in [-0.39, 0.29) is 11.1 Å². The van der Waals surface area contributed by atoms with E-state index in [4.69, 9.17) is 9.47 Å². The summed E-state index contributed by atoms with van der Waals surface area (Å²) in [6, 6.07) is 2.14. The minimum atomic E-state index is -0.163. The van der Waals surface area contributed by atoms with Crippen LogP contribution in [0.15, 0.2) is 11.1 Å². The van der Waals surface area contributed by atoms with Gasteiger partial charge in [-0.15, -0.1) is 0 Å². The van der Waals surface area contributed by atoms with E-state index in [1.807, 2.05) is 13.1 Å². The number of ether oxygens (including phenoxy) is 2. The molecule has 0 fully saturated rings. The Morgan fingerprint density at radius 1 is 1.25 bits per heavy atom. The maximum Gasteiger partial charge on any atom is 0.166 e. The zero-order chi connectivity index (χ0) is 14.5. The summed E-state index contributed by atoms with van der Waals surface area (Å²) >= 11 is 0. The van der Waals surface area contributed by atoms with Gasteiger partial charge in [0.05, 0.1) is 12.1 Å². The van der Waals surface area contributed by atoms with Crippen molar-refractivity contribution in [1.82, 2.24) is 0 Å². The molecule has 0 bridgehead atoms. The molecule has 2 aliphatic rings. The third-order valence-electron chi connectivity index (χ3n) is 3.92. The van der Waals surface area contributed by atoms with Crippen LogP contribution in [0.5, 0.6) is 11.5 Å². The molecule has 0 radical (unpaired) electrons. The first-order chi connectivity index (χ1) is 9.31. The van der Waals surface area contributed by atoms with Crippen LogP contribution in [0.25, 0.3) is 0 Å². The lowest BCUT2D eigenvalue weighted by Crippen LogP contribution is -2.26. The molecule has 0 N–H and O–H groups in total. The highest BCUT2D eigenvalue weighted by molar-refractivity contribution is 5.88. The molecule has 2 heterocycles. The van der Waals surface area contributed by atoms with Crippen molar-refractivity contribution in [2.45, 2.75) is 58.6 Å². The molecule has 108 valence electrons. The van der Waals surface area contributed by atoms with Crippen LogP contribution in [-0.4, -0.2) is 24.0 Å². The highest BCUT2D eigenvalue weighted by Crippen LogP contribution is 2.46. The molecule has 0 unspecified atom stereocenters. The Labute approximate surface area is 121 Å². The van der Waals surface area contributed by atoms with Gasteiger partial charge in [0.25, 0.3) is 0 Å². The minimum absolute atomic E-state index is 0.0281. The van der Waals surface area contributed by atoms with Gasteiger partial charge in [-0.3, -0.25) is 4.99 Å². The van der Waals surface area contributed by atoms with Gasteiger partial charge in [0, 0.05) is 23.8 Å². The summed E-state index contributed by atoms with van der Waals surface area (Å²) in [7, 11) is 0. The molecule has 0 saturated heterocycles. The summed E-state index contributed by atoms with van der Waals surface area (Å²) in [5.74, 6) is 1.81. The fourth-order valence-electron chi connectivity index (χ4n) is 3.11. The summed E-state index contributed by atoms with van der Waals surface area (Å²) in [6.07, 6.45) is 3.89. The quantitative estimate of drug-likeness (QED) is 0.825. The van der Waals surface area contributed by atoms with E-state index in [0.29, 0.717) is 6.61 Å². The molecule has 0 spiro atoms. The van der Waals surface area contributed by atoms with Crippen molar-refractivity contribution in [3.05, 3.63) is 22.8 Å². The Balaban J connectivity index is 2.15. The molecule has 0 amide bonds. The minimum Gasteiger partial charge on any atom is -0.490 e. The highest BCUT2D eigenvalue weighted by atomic mass is 16.5. The molecule has 0 saturated carbocycles. The van der Waals surface area contributed by atoms with E-state index < -0.39 is 0 Å². The van der Waals surface area contributed by atoms with Gasteiger partial charge in [0.1, 0.15) is 5.60 Å². The van der Waals surface area contributed by atoms with Crippen molar-refractivity contribution in [3.63, 3.8) is 0 Å². The van der Waals surface area contributed by atoms with Crippen LogP contribution in [0.3, 0.4) is 0 Å². The van der Waals surface area contributed by atoms with Crippen LogP contribution in [0, 0.1) is 0 Å². The van der Waals surface area contributed by atoms with Crippen LogP contribution in [0.2, 0.25) is 0 Å². The number of aliphatic imine (C=N–C) groups is 1. The smallest absolute Gasteiger partial charge is 0.166 e. The SMILES string of the molecule is CCOc1cc2c(c3c1OC(C)(C)C3)C=NC(C)(C)C2. The van der Waals surface area contributed by atoms with Gasteiger partial charge in [-0.1, -0.05) is 0 Å². The molecule has 20 heavy (non-hydrogen) atoms. The molecular weight excluding hydrogens is 250 g/mol. The second kappa shape index (κ2) is 4.24. The zero-order valence-electron chi connectivity index (χ0n) is 13.0. The number of benzene rings is 1. The van der Waals surface area contributed by atoms with Gasteiger partial charge in [-0.25, -0.2) is 0 Å². The third-order valence-corrected chi connectivity index (χ3v) is 3.92. The van der Waals surface area contributed by atoms with Crippen molar-refractivity contribution in [1.29, 1.82) is 0 Å². The lowest BCUT2D eigenvalue weighted by atomic mass is 9.86. The summed E-state index contributed by atoms with van der Waals surface area (Å²) < 4.78 is 11.9. The van der Waals surface area contributed by atoms with Gasteiger partial charge in [-0.05, 0) is 52.7 Å². The molecule has 3 nitrogen and oxygen atoms in total. The average Bonchev–Trinajstić information content (AvgIpc) is 2.64. The fourth-order valence-corrected chi connectivity index (χ4v) is 3.11. The number of hydrogen-bond donors (Lipinski definition) is 0. The van der Waals surface area contributed by atoms with Crippen LogP contribution in [-0.2, 0) is 12.8 Å². The first-order valence-corrected chi connectivity index (χ1v) is 7.37. The largest absolute Gasteiger partial charge is 0.490 e. The second-order valence-corrected chi connectivity index (χ2v) is 6.97. The summed E-state index contributed by atoms with van der Waals surface area (Å²) in [4.78, 5) is 4.68. The predicted molar refractivity (Wildman–Crippen MR) is 81.4 cm³/mol. The zero-order valence-corrected chi connectivity index (χ0v) is 13.0. The van der Waals surface area contributed by atoms with E-state index in [2.05, 4.69) is 38.8 Å². The Kier molecular flexibility index (Phi) is 2.86. The van der Waals surface area contributed by atoms with Crippen LogP contribution in [0.4, 0.5) is 0 Å². The van der Waals surface area contributed by atoms with E-state index >= 15 is 0 Å². The second-order valence-electron chi connectivity index (χ2n) is 6.97.